The highest BCUT2D eigenvalue weighted by atomic mass is 16.7. The number of nitrogens with two attached hydrogens (primary N) is 1. The Hall–Kier alpha value is -3.55. The molecule has 0 fully saturated rings. The highest BCUT2D eigenvalue weighted by molar-refractivity contribution is 6.14. The van der Waals surface area contributed by atoms with E-state index >= 15 is 0 Å². The number of carbonyl (C=O) groups excluding carboxylic acids is 2. The molecule has 2 aliphatic rings. The molecule has 0 aromatic heterocycles. The van der Waals surface area contributed by atoms with Crippen molar-refractivity contribution in [2.24, 2.45) is 5.10 Å². The predicted octanol–water partition coefficient (Wildman–Crippen LogP) is 2.09. The summed E-state index contributed by atoms with van der Waals surface area (Å²) in [6, 6.07) is 10.6. The van der Waals surface area contributed by atoms with Crippen LogP contribution in [0.3, 0.4) is 0 Å². The number of nitrogens with zero attached hydrogens (tertiary/aromatic N) is 2. The van der Waals surface area contributed by atoms with Crippen molar-refractivity contribution in [2.45, 2.75) is 26.3 Å². The lowest BCUT2D eigenvalue weighted by Crippen LogP contribution is -2.39. The van der Waals surface area contributed by atoms with E-state index in [1.165, 1.54) is 18.9 Å². The first-order valence-electron chi connectivity index (χ1n) is 9.23. The van der Waals surface area contributed by atoms with Gasteiger partial charge in [-0.1, -0.05) is 12.1 Å². The number of fused-ring (bicyclic) bond motifs is 2. The van der Waals surface area contributed by atoms with Gasteiger partial charge >= 0.3 is 5.97 Å². The molecule has 0 saturated carbocycles. The second kappa shape index (κ2) is 7.46. The van der Waals surface area contributed by atoms with Gasteiger partial charge < -0.3 is 19.9 Å². The Kier molecular flexibility index (Phi) is 4.84. The number of ether oxygens (including phenoxy) is 3. The molecule has 2 aromatic carbocycles. The van der Waals surface area contributed by atoms with Gasteiger partial charge in [0, 0.05) is 30.7 Å². The van der Waals surface area contributed by atoms with E-state index in [1.807, 2.05) is 24.3 Å². The van der Waals surface area contributed by atoms with Crippen molar-refractivity contribution in [3.8, 4) is 11.5 Å². The van der Waals surface area contributed by atoms with E-state index in [9.17, 15) is 9.59 Å². The minimum absolute atomic E-state index is 0.0430. The lowest BCUT2D eigenvalue weighted by atomic mass is 9.93. The van der Waals surface area contributed by atoms with E-state index in [4.69, 9.17) is 19.9 Å². The number of hydrazone groups is 1. The average molecular weight is 395 g/mol. The van der Waals surface area contributed by atoms with E-state index in [-0.39, 0.29) is 19.3 Å². The topological polar surface area (TPSA) is 103 Å². The average Bonchev–Trinajstić information content (AvgIpc) is 3.07. The van der Waals surface area contributed by atoms with Crippen LogP contribution in [0.25, 0.3) is 0 Å². The fourth-order valence-electron chi connectivity index (χ4n) is 3.48. The summed E-state index contributed by atoms with van der Waals surface area (Å²) >= 11 is 0. The minimum Gasteiger partial charge on any atom is -0.464 e. The molecule has 0 aliphatic carbocycles. The first-order chi connectivity index (χ1) is 13.9. The number of benzene rings is 2. The molecule has 4 rings (SSSR count). The summed E-state index contributed by atoms with van der Waals surface area (Å²) in [6.45, 7) is 2.97. The second-order valence-corrected chi connectivity index (χ2v) is 6.96. The Bertz CT molecular complexity index is 1000. The second-order valence-electron chi connectivity index (χ2n) is 6.96. The maximum absolute atomic E-state index is 12.4. The van der Waals surface area contributed by atoms with Crippen molar-refractivity contribution < 1.29 is 23.8 Å². The maximum atomic E-state index is 12.4. The molecule has 8 nitrogen and oxygen atoms in total. The van der Waals surface area contributed by atoms with Gasteiger partial charge in [0.25, 0.3) is 0 Å². The molecule has 2 aromatic rings. The summed E-state index contributed by atoms with van der Waals surface area (Å²) in [5.41, 5.74) is 9.63. The van der Waals surface area contributed by atoms with Crippen LogP contribution < -0.4 is 15.2 Å². The van der Waals surface area contributed by atoms with Crippen molar-refractivity contribution in [3.63, 3.8) is 0 Å². The molecule has 150 valence electrons. The van der Waals surface area contributed by atoms with Crippen molar-refractivity contribution in [1.82, 2.24) is 5.01 Å². The number of amides is 1. The van der Waals surface area contributed by atoms with Crippen LogP contribution >= 0.6 is 0 Å². The largest absolute Gasteiger partial charge is 0.464 e. The summed E-state index contributed by atoms with van der Waals surface area (Å²) in [5.74, 6) is 0.608. The van der Waals surface area contributed by atoms with Crippen molar-refractivity contribution in [3.05, 3.63) is 53.1 Å². The van der Waals surface area contributed by atoms with Crippen LogP contribution in [0.2, 0.25) is 0 Å². The molecule has 0 radical (unpaired) electrons. The van der Waals surface area contributed by atoms with Gasteiger partial charge in [-0.05, 0) is 36.2 Å². The maximum Gasteiger partial charge on any atom is 0.302 e. The fourth-order valence-corrected chi connectivity index (χ4v) is 3.48. The summed E-state index contributed by atoms with van der Waals surface area (Å²) in [4.78, 5) is 23.8. The summed E-state index contributed by atoms with van der Waals surface area (Å²) in [6.07, 6.45) is 0.445. The SMILES string of the molecule is CC(=O)OCC1Cc2cc3c(cc2C(c2ccc(N)cc2)=NN1C(C)=O)OCO3. The third-order valence-electron chi connectivity index (χ3n) is 4.85. The zero-order valence-electron chi connectivity index (χ0n) is 16.2. The lowest BCUT2D eigenvalue weighted by molar-refractivity contribution is -0.145. The van der Waals surface area contributed by atoms with Crippen molar-refractivity contribution in [1.29, 1.82) is 0 Å². The van der Waals surface area contributed by atoms with Gasteiger partial charge in [0.05, 0.1) is 11.8 Å². The number of rotatable bonds is 3. The van der Waals surface area contributed by atoms with Gasteiger partial charge in [-0.25, -0.2) is 5.01 Å². The Morgan fingerprint density at radius 3 is 2.52 bits per heavy atom. The Labute approximate surface area is 167 Å². The molecule has 2 heterocycles. The standard InChI is InChI=1S/C21H21N3O5/c1-12(25)24-17(10-27-13(2)26)7-15-8-19-20(29-11-28-19)9-18(15)21(23-24)14-3-5-16(22)6-4-14/h3-6,8-9,17H,7,10-11,22H2,1-2H3. The molecule has 1 unspecified atom stereocenters. The predicted molar refractivity (Wildman–Crippen MR) is 106 cm³/mol. The minimum atomic E-state index is -0.443. The van der Waals surface area contributed by atoms with Crippen LogP contribution in [-0.2, 0) is 20.7 Å². The van der Waals surface area contributed by atoms with Crippen LogP contribution in [0.15, 0.2) is 41.5 Å². The molecule has 8 heteroatoms. The third kappa shape index (κ3) is 3.73. The molecule has 2 aliphatic heterocycles. The van der Waals surface area contributed by atoms with Gasteiger partial charge in [-0.15, -0.1) is 0 Å². The first kappa shape index (κ1) is 18.8. The highest BCUT2D eigenvalue weighted by Crippen LogP contribution is 2.37. The monoisotopic (exact) mass is 395 g/mol. The van der Waals surface area contributed by atoms with Crippen molar-refractivity contribution in [2.75, 3.05) is 19.1 Å². The Morgan fingerprint density at radius 1 is 1.17 bits per heavy atom. The summed E-state index contributed by atoms with van der Waals surface area (Å²) in [7, 11) is 0. The van der Waals surface area contributed by atoms with Gasteiger partial charge in [-0.3, -0.25) is 9.59 Å². The number of hydrogen-bond acceptors (Lipinski definition) is 7. The smallest absolute Gasteiger partial charge is 0.302 e. The number of carbonyl (C=O) groups is 2. The molecule has 0 saturated heterocycles. The third-order valence-corrected chi connectivity index (χ3v) is 4.85. The molecular formula is C21H21N3O5. The van der Waals surface area contributed by atoms with Gasteiger partial charge in [0.15, 0.2) is 11.5 Å². The molecule has 1 atom stereocenters. The fraction of sp³-hybridized carbons (Fsp3) is 0.286. The Balaban J connectivity index is 1.86. The van der Waals surface area contributed by atoms with Crippen LogP contribution in [0.4, 0.5) is 5.69 Å². The summed E-state index contributed by atoms with van der Waals surface area (Å²) < 4.78 is 16.3. The van der Waals surface area contributed by atoms with Gasteiger partial charge in [0.1, 0.15) is 6.61 Å². The molecule has 0 bridgehead atoms. The summed E-state index contributed by atoms with van der Waals surface area (Å²) in [5, 5.41) is 6.05. The van der Waals surface area contributed by atoms with Gasteiger partial charge in [0.2, 0.25) is 12.7 Å². The Morgan fingerprint density at radius 2 is 1.86 bits per heavy atom. The quantitative estimate of drug-likeness (QED) is 0.630. The van der Waals surface area contributed by atoms with E-state index in [0.717, 1.165) is 16.7 Å². The van der Waals surface area contributed by atoms with Crippen LogP contribution in [0.5, 0.6) is 11.5 Å². The molecule has 0 spiro atoms. The number of nitrogen functional groups attached to an aromatic ring is 1. The van der Waals surface area contributed by atoms with E-state index in [2.05, 4.69) is 5.10 Å². The number of hydrogen-bond donors (Lipinski definition) is 1. The van der Waals surface area contributed by atoms with Crippen LogP contribution in [0, 0.1) is 0 Å². The van der Waals surface area contributed by atoms with E-state index in [0.29, 0.717) is 29.3 Å². The van der Waals surface area contributed by atoms with E-state index in [1.54, 1.807) is 12.1 Å². The van der Waals surface area contributed by atoms with Gasteiger partial charge in [-0.2, -0.15) is 5.10 Å². The van der Waals surface area contributed by atoms with Crippen LogP contribution in [-0.4, -0.2) is 42.0 Å². The molecular weight excluding hydrogens is 374 g/mol. The van der Waals surface area contributed by atoms with E-state index < -0.39 is 12.0 Å². The zero-order chi connectivity index (χ0) is 20.5. The zero-order valence-corrected chi connectivity index (χ0v) is 16.2. The number of esters is 1. The normalized spacial score (nSPS) is 17.2. The van der Waals surface area contributed by atoms with Crippen LogP contribution in [0.1, 0.15) is 30.5 Å². The van der Waals surface area contributed by atoms with Crippen molar-refractivity contribution >= 4 is 23.3 Å². The molecule has 29 heavy (non-hydrogen) atoms. The number of anilines is 1. The highest BCUT2D eigenvalue weighted by Gasteiger charge is 2.31. The lowest BCUT2D eigenvalue weighted by Gasteiger charge is -2.25. The molecule has 1 amide bonds. The first-order valence-corrected chi connectivity index (χ1v) is 9.23. The molecule has 2 N–H and O–H groups in total.